The summed E-state index contributed by atoms with van der Waals surface area (Å²) in [6.07, 6.45) is 5.62. The Hall–Kier alpha value is -2.77. The van der Waals surface area contributed by atoms with Gasteiger partial charge in [-0.1, -0.05) is 0 Å². The van der Waals surface area contributed by atoms with Crippen LogP contribution in [0.25, 0.3) is 17.0 Å². The van der Waals surface area contributed by atoms with Crippen molar-refractivity contribution in [2.75, 3.05) is 0 Å². The zero-order valence-corrected chi connectivity index (χ0v) is 8.40. The molecule has 8 nitrogen and oxygen atoms in total. The number of carboxylic acid groups (broad SMARTS) is 1. The number of H-pyrrole nitrogens is 1. The van der Waals surface area contributed by atoms with Crippen molar-refractivity contribution in [3.63, 3.8) is 0 Å². The van der Waals surface area contributed by atoms with E-state index in [1.165, 1.54) is 29.7 Å². The van der Waals surface area contributed by atoms with Gasteiger partial charge in [0.05, 0.1) is 6.33 Å². The van der Waals surface area contributed by atoms with Gasteiger partial charge in [0.25, 0.3) is 0 Å². The minimum Gasteiger partial charge on any atom is -0.476 e. The molecule has 3 aromatic rings. The molecule has 0 atom stereocenters. The fourth-order valence-electron chi connectivity index (χ4n) is 1.50. The van der Waals surface area contributed by atoms with Crippen molar-refractivity contribution in [2.45, 2.75) is 0 Å². The van der Waals surface area contributed by atoms with Gasteiger partial charge in [0.1, 0.15) is 18.2 Å². The fourth-order valence-corrected chi connectivity index (χ4v) is 1.50. The molecule has 84 valence electrons. The maximum Gasteiger partial charge on any atom is 0.356 e. The molecule has 3 rings (SSSR count). The monoisotopic (exact) mass is 230 g/mol. The minimum absolute atomic E-state index is 0.0451. The smallest absolute Gasteiger partial charge is 0.356 e. The predicted molar refractivity (Wildman–Crippen MR) is 55.8 cm³/mol. The molecule has 0 saturated heterocycles. The lowest BCUT2D eigenvalue weighted by atomic mass is 10.4. The Morgan fingerprint density at radius 2 is 2.18 bits per heavy atom. The molecule has 2 N–H and O–H groups in total. The van der Waals surface area contributed by atoms with Crippen LogP contribution in [0.15, 0.2) is 25.2 Å². The summed E-state index contributed by atoms with van der Waals surface area (Å²) in [5, 5.41) is 8.79. The number of imidazole rings is 2. The number of aromatic amines is 1. The lowest BCUT2D eigenvalue weighted by Crippen LogP contribution is -1.98. The molecule has 17 heavy (non-hydrogen) atoms. The first-order valence-electron chi connectivity index (χ1n) is 4.67. The zero-order valence-electron chi connectivity index (χ0n) is 8.40. The number of fused-ring (bicyclic) bond motifs is 1. The third-order valence-corrected chi connectivity index (χ3v) is 2.25. The molecular formula is C9H6N6O2. The Kier molecular flexibility index (Phi) is 1.87. The van der Waals surface area contributed by atoms with E-state index in [0.717, 1.165) is 0 Å². The Balaban J connectivity index is 2.19. The first-order valence-corrected chi connectivity index (χ1v) is 4.67. The van der Waals surface area contributed by atoms with Gasteiger partial charge in [-0.05, 0) is 0 Å². The summed E-state index contributed by atoms with van der Waals surface area (Å²) in [5.74, 6) is -0.578. The minimum atomic E-state index is -1.08. The van der Waals surface area contributed by atoms with Crippen LogP contribution >= 0.6 is 0 Å². The van der Waals surface area contributed by atoms with E-state index in [1.807, 2.05) is 0 Å². The Morgan fingerprint density at radius 3 is 2.94 bits per heavy atom. The molecule has 0 aliphatic carbocycles. The van der Waals surface area contributed by atoms with E-state index in [0.29, 0.717) is 17.0 Å². The molecule has 3 heterocycles. The molecule has 0 amide bonds. The van der Waals surface area contributed by atoms with Gasteiger partial charge < -0.3 is 10.1 Å². The number of hydrogen-bond donors (Lipinski definition) is 2. The maximum absolute atomic E-state index is 10.7. The molecule has 0 saturated carbocycles. The second kappa shape index (κ2) is 3.37. The van der Waals surface area contributed by atoms with Crippen molar-refractivity contribution in [3.8, 4) is 5.82 Å². The van der Waals surface area contributed by atoms with Crippen LogP contribution in [0.3, 0.4) is 0 Å². The summed E-state index contributed by atoms with van der Waals surface area (Å²) in [5.41, 5.74) is 1.10. The van der Waals surface area contributed by atoms with Crippen LogP contribution in [0.5, 0.6) is 0 Å². The summed E-state index contributed by atoms with van der Waals surface area (Å²) in [4.78, 5) is 29.4. The van der Waals surface area contributed by atoms with Gasteiger partial charge in [0.2, 0.25) is 0 Å². The van der Waals surface area contributed by atoms with Crippen LogP contribution in [-0.2, 0) is 0 Å². The second-order valence-electron chi connectivity index (χ2n) is 3.27. The van der Waals surface area contributed by atoms with Crippen molar-refractivity contribution in [3.05, 3.63) is 30.9 Å². The Bertz CT molecular complexity index is 700. The van der Waals surface area contributed by atoms with Gasteiger partial charge in [0.15, 0.2) is 17.2 Å². The highest BCUT2D eigenvalue weighted by Crippen LogP contribution is 2.14. The van der Waals surface area contributed by atoms with Crippen LogP contribution in [-0.4, -0.2) is 40.6 Å². The van der Waals surface area contributed by atoms with Gasteiger partial charge in [0, 0.05) is 6.20 Å². The summed E-state index contributed by atoms with van der Waals surface area (Å²) < 4.78 is 1.51. The zero-order chi connectivity index (χ0) is 11.8. The average molecular weight is 230 g/mol. The predicted octanol–water partition coefficient (Wildman–Crippen LogP) is 0.237. The van der Waals surface area contributed by atoms with E-state index >= 15 is 0 Å². The maximum atomic E-state index is 10.7. The molecule has 0 fully saturated rings. The molecule has 3 aromatic heterocycles. The number of carbonyl (C=O) groups is 1. The van der Waals surface area contributed by atoms with Crippen molar-refractivity contribution in [1.82, 2.24) is 29.5 Å². The standard InChI is InChI=1S/C9H6N6O2/c16-9(17)5-1-15(4-14-5)8-6-7(11-2-10-6)12-3-13-8/h1-4H,(H,16,17)(H,10,11,12,13). The third kappa shape index (κ3) is 1.42. The number of hydrogen-bond acceptors (Lipinski definition) is 5. The van der Waals surface area contributed by atoms with E-state index < -0.39 is 5.97 Å². The first-order chi connectivity index (χ1) is 8.25. The van der Waals surface area contributed by atoms with Crippen LogP contribution < -0.4 is 0 Å². The number of aromatic carboxylic acids is 1. The number of nitrogens with zero attached hydrogens (tertiary/aromatic N) is 5. The number of carboxylic acids is 1. The average Bonchev–Trinajstić information content (AvgIpc) is 2.97. The second-order valence-corrected chi connectivity index (χ2v) is 3.27. The molecule has 0 spiro atoms. The molecule has 8 heteroatoms. The molecule has 0 aliphatic heterocycles. The number of rotatable bonds is 2. The molecule has 0 aliphatic rings. The van der Waals surface area contributed by atoms with Gasteiger partial charge in [-0.2, -0.15) is 0 Å². The highest BCUT2D eigenvalue weighted by Gasteiger charge is 2.11. The number of aromatic nitrogens is 6. The molecule has 0 unspecified atom stereocenters. The van der Waals surface area contributed by atoms with Crippen LogP contribution in [0.1, 0.15) is 10.5 Å². The lowest BCUT2D eigenvalue weighted by Gasteiger charge is -2.00. The van der Waals surface area contributed by atoms with Gasteiger partial charge in [-0.25, -0.2) is 24.7 Å². The third-order valence-electron chi connectivity index (χ3n) is 2.25. The highest BCUT2D eigenvalue weighted by atomic mass is 16.4. The largest absolute Gasteiger partial charge is 0.476 e. The van der Waals surface area contributed by atoms with Gasteiger partial charge >= 0.3 is 5.97 Å². The quantitative estimate of drug-likeness (QED) is 0.652. The highest BCUT2D eigenvalue weighted by molar-refractivity contribution is 5.85. The van der Waals surface area contributed by atoms with Gasteiger partial charge in [-0.3, -0.25) is 4.57 Å². The van der Waals surface area contributed by atoms with E-state index in [-0.39, 0.29) is 5.69 Å². The molecular weight excluding hydrogens is 224 g/mol. The van der Waals surface area contributed by atoms with Crippen molar-refractivity contribution in [2.24, 2.45) is 0 Å². The molecule has 0 aromatic carbocycles. The topological polar surface area (TPSA) is 110 Å². The normalized spacial score (nSPS) is 10.8. The van der Waals surface area contributed by atoms with E-state index in [2.05, 4.69) is 24.9 Å². The van der Waals surface area contributed by atoms with E-state index in [4.69, 9.17) is 5.11 Å². The lowest BCUT2D eigenvalue weighted by molar-refractivity contribution is 0.0691. The van der Waals surface area contributed by atoms with Crippen LogP contribution in [0.2, 0.25) is 0 Å². The summed E-state index contributed by atoms with van der Waals surface area (Å²) in [6.45, 7) is 0. The Labute approximate surface area is 94.0 Å². The fraction of sp³-hybridized carbons (Fsp3) is 0. The first kappa shape index (κ1) is 9.46. The van der Waals surface area contributed by atoms with Crippen molar-refractivity contribution >= 4 is 17.1 Å². The van der Waals surface area contributed by atoms with Crippen molar-refractivity contribution in [1.29, 1.82) is 0 Å². The van der Waals surface area contributed by atoms with Crippen LogP contribution in [0.4, 0.5) is 0 Å². The van der Waals surface area contributed by atoms with E-state index in [1.54, 1.807) is 0 Å². The summed E-state index contributed by atoms with van der Waals surface area (Å²) >= 11 is 0. The molecule has 0 bridgehead atoms. The summed E-state index contributed by atoms with van der Waals surface area (Å²) in [6, 6.07) is 0. The van der Waals surface area contributed by atoms with E-state index in [9.17, 15) is 4.79 Å². The summed E-state index contributed by atoms with van der Waals surface area (Å²) in [7, 11) is 0. The SMILES string of the molecule is O=C(O)c1cn(-c2ncnc3nc[nH]c23)cn1. The van der Waals surface area contributed by atoms with Crippen molar-refractivity contribution < 1.29 is 9.90 Å². The van der Waals surface area contributed by atoms with Crippen LogP contribution in [0, 0.1) is 0 Å². The number of nitrogens with one attached hydrogen (secondary N) is 1. The Morgan fingerprint density at radius 1 is 1.29 bits per heavy atom. The molecule has 0 radical (unpaired) electrons. The van der Waals surface area contributed by atoms with Gasteiger partial charge in [-0.15, -0.1) is 0 Å².